The topological polar surface area (TPSA) is 121 Å². The predicted octanol–water partition coefficient (Wildman–Crippen LogP) is 4.91. The number of halogens is 2. The Bertz CT molecular complexity index is 1440. The van der Waals surface area contributed by atoms with E-state index in [1.807, 2.05) is 43.4 Å². The van der Waals surface area contributed by atoms with E-state index in [0.717, 1.165) is 18.3 Å². The second kappa shape index (κ2) is 11.5. The highest BCUT2D eigenvalue weighted by molar-refractivity contribution is 5.83. The first-order valence-corrected chi connectivity index (χ1v) is 12.3. The standard InChI is InChI=1S/C26H30F2N8O2/c1-15(2)36-16(3)31-25-19(27)11-17(12-21(25)36)24-20(28)14-30-26(33-24)32-22-9-8-18(13-29-22)35(4)10-6-5-7-23(37)34-38/h8-9,11-15,38H,5-7,10H2,1-4H3,(H,34,37)(H,29,30,32,33). The molecule has 0 aliphatic heterocycles. The van der Waals surface area contributed by atoms with Crippen LogP contribution in [0.3, 0.4) is 0 Å². The number of unbranched alkanes of at least 4 members (excludes halogenated alkanes) is 1. The Labute approximate surface area is 218 Å². The number of anilines is 3. The van der Waals surface area contributed by atoms with Crippen molar-refractivity contribution in [3.8, 4) is 11.3 Å². The van der Waals surface area contributed by atoms with Crippen molar-refractivity contribution < 1.29 is 18.8 Å². The molecule has 1 amide bonds. The summed E-state index contributed by atoms with van der Waals surface area (Å²) in [5.41, 5.74) is 3.53. The molecular formula is C26H30F2N8O2. The van der Waals surface area contributed by atoms with Gasteiger partial charge in [0.25, 0.3) is 0 Å². The Morgan fingerprint density at radius 2 is 1.89 bits per heavy atom. The third kappa shape index (κ3) is 5.86. The molecule has 0 radical (unpaired) electrons. The van der Waals surface area contributed by atoms with Crippen molar-refractivity contribution in [2.45, 2.75) is 46.1 Å². The molecule has 0 fully saturated rings. The normalized spacial score (nSPS) is 11.3. The molecule has 10 nitrogen and oxygen atoms in total. The summed E-state index contributed by atoms with van der Waals surface area (Å²) in [5, 5.41) is 11.5. The van der Waals surface area contributed by atoms with E-state index in [0.29, 0.717) is 30.1 Å². The third-order valence-electron chi connectivity index (χ3n) is 6.16. The molecular weight excluding hydrogens is 494 g/mol. The number of aromatic nitrogens is 5. The fraction of sp³-hybridized carbons (Fsp3) is 0.346. The molecule has 4 aromatic rings. The molecule has 0 saturated carbocycles. The summed E-state index contributed by atoms with van der Waals surface area (Å²) in [6, 6.07) is 6.56. The maximum atomic E-state index is 14.9. The summed E-state index contributed by atoms with van der Waals surface area (Å²) in [4.78, 5) is 30.1. The number of amides is 1. The number of nitrogens with one attached hydrogen (secondary N) is 2. The summed E-state index contributed by atoms with van der Waals surface area (Å²) in [6.45, 7) is 6.46. The van der Waals surface area contributed by atoms with Gasteiger partial charge in [0.1, 0.15) is 22.9 Å². The molecule has 3 aromatic heterocycles. The smallest absolute Gasteiger partial charge is 0.243 e. The average molecular weight is 525 g/mol. The lowest BCUT2D eigenvalue weighted by Crippen LogP contribution is -2.21. The van der Waals surface area contributed by atoms with E-state index < -0.39 is 17.5 Å². The number of aryl methyl sites for hydroxylation is 1. The molecule has 200 valence electrons. The quantitative estimate of drug-likeness (QED) is 0.152. The first-order chi connectivity index (χ1) is 18.2. The zero-order chi connectivity index (χ0) is 27.4. The molecule has 3 N–H and O–H groups in total. The Morgan fingerprint density at radius 1 is 1.11 bits per heavy atom. The first-order valence-electron chi connectivity index (χ1n) is 12.3. The van der Waals surface area contributed by atoms with E-state index in [2.05, 4.69) is 25.3 Å². The maximum Gasteiger partial charge on any atom is 0.243 e. The van der Waals surface area contributed by atoms with E-state index in [1.165, 1.54) is 6.07 Å². The number of imidazole rings is 1. The molecule has 3 heterocycles. The van der Waals surface area contributed by atoms with Gasteiger partial charge in [-0.1, -0.05) is 0 Å². The van der Waals surface area contributed by atoms with Gasteiger partial charge in [-0.2, -0.15) is 0 Å². The predicted molar refractivity (Wildman–Crippen MR) is 140 cm³/mol. The summed E-state index contributed by atoms with van der Waals surface area (Å²) in [6.07, 6.45) is 4.37. The lowest BCUT2D eigenvalue weighted by molar-refractivity contribution is -0.129. The third-order valence-corrected chi connectivity index (χ3v) is 6.16. The minimum atomic E-state index is -0.678. The Hall–Kier alpha value is -4.19. The van der Waals surface area contributed by atoms with E-state index in [-0.39, 0.29) is 35.2 Å². The molecule has 0 aliphatic rings. The zero-order valence-corrected chi connectivity index (χ0v) is 21.7. The van der Waals surface area contributed by atoms with Crippen LogP contribution in [-0.2, 0) is 4.79 Å². The average Bonchev–Trinajstić information content (AvgIpc) is 3.24. The summed E-state index contributed by atoms with van der Waals surface area (Å²) < 4.78 is 31.6. The van der Waals surface area contributed by atoms with Crippen LogP contribution in [0, 0.1) is 18.6 Å². The van der Waals surface area contributed by atoms with Crippen molar-refractivity contribution in [3.05, 3.63) is 54.1 Å². The highest BCUT2D eigenvalue weighted by atomic mass is 19.1. The number of hydrogen-bond donors (Lipinski definition) is 3. The molecule has 0 bridgehead atoms. The lowest BCUT2D eigenvalue weighted by atomic mass is 10.1. The molecule has 0 spiro atoms. The molecule has 0 atom stereocenters. The van der Waals surface area contributed by atoms with Crippen molar-refractivity contribution >= 4 is 34.4 Å². The Morgan fingerprint density at radius 3 is 2.58 bits per heavy atom. The van der Waals surface area contributed by atoms with Gasteiger partial charge in [0.05, 0.1) is 23.6 Å². The second-order valence-corrected chi connectivity index (χ2v) is 9.28. The Kier molecular flexibility index (Phi) is 8.10. The summed E-state index contributed by atoms with van der Waals surface area (Å²) in [7, 11) is 1.91. The van der Waals surface area contributed by atoms with Gasteiger partial charge >= 0.3 is 0 Å². The maximum absolute atomic E-state index is 14.9. The van der Waals surface area contributed by atoms with Crippen molar-refractivity contribution in [2.75, 3.05) is 23.8 Å². The van der Waals surface area contributed by atoms with Crippen LogP contribution in [0.2, 0.25) is 0 Å². The molecule has 1 aromatic carbocycles. The van der Waals surface area contributed by atoms with Crippen molar-refractivity contribution in [2.24, 2.45) is 0 Å². The summed E-state index contributed by atoms with van der Waals surface area (Å²) in [5.74, 6) is -0.390. The van der Waals surface area contributed by atoms with Gasteiger partial charge in [-0.05, 0) is 57.9 Å². The second-order valence-electron chi connectivity index (χ2n) is 9.28. The molecule has 38 heavy (non-hydrogen) atoms. The van der Waals surface area contributed by atoms with Crippen molar-refractivity contribution in [1.82, 2.24) is 30.0 Å². The minimum Gasteiger partial charge on any atom is -0.373 e. The highest BCUT2D eigenvalue weighted by Gasteiger charge is 2.18. The monoisotopic (exact) mass is 524 g/mol. The van der Waals surface area contributed by atoms with Gasteiger partial charge in [-0.3, -0.25) is 10.0 Å². The number of pyridine rings is 1. The van der Waals surface area contributed by atoms with Crippen LogP contribution in [0.15, 0.2) is 36.7 Å². The largest absolute Gasteiger partial charge is 0.373 e. The number of hydroxylamine groups is 1. The van der Waals surface area contributed by atoms with Crippen LogP contribution >= 0.6 is 0 Å². The SMILES string of the molecule is Cc1nc2c(F)cc(-c3nc(Nc4ccc(N(C)CCCCC(=O)NO)cn4)ncc3F)cc2n1C(C)C. The van der Waals surface area contributed by atoms with Crippen molar-refractivity contribution in [3.63, 3.8) is 0 Å². The number of rotatable bonds is 10. The van der Waals surface area contributed by atoms with Gasteiger partial charge in [0.15, 0.2) is 11.6 Å². The van der Waals surface area contributed by atoms with Crippen LogP contribution in [-0.4, -0.2) is 49.2 Å². The van der Waals surface area contributed by atoms with Crippen LogP contribution < -0.4 is 15.7 Å². The van der Waals surface area contributed by atoms with E-state index in [1.54, 1.807) is 23.8 Å². The van der Waals surface area contributed by atoms with E-state index in [9.17, 15) is 13.6 Å². The number of fused-ring (bicyclic) bond motifs is 1. The van der Waals surface area contributed by atoms with E-state index >= 15 is 0 Å². The number of hydrogen-bond acceptors (Lipinski definition) is 8. The van der Waals surface area contributed by atoms with Crippen LogP contribution in [0.4, 0.5) is 26.2 Å². The van der Waals surface area contributed by atoms with Crippen LogP contribution in [0.5, 0.6) is 0 Å². The fourth-order valence-corrected chi connectivity index (χ4v) is 4.31. The molecule has 0 unspecified atom stereocenters. The minimum absolute atomic E-state index is 0.0382. The number of nitrogens with zero attached hydrogens (tertiary/aromatic N) is 6. The number of carbonyl (C=O) groups is 1. The fourth-order valence-electron chi connectivity index (χ4n) is 4.31. The Balaban J connectivity index is 1.50. The molecule has 0 aliphatic carbocycles. The zero-order valence-electron chi connectivity index (χ0n) is 21.7. The number of carbonyl (C=O) groups excluding carboxylic acids is 1. The van der Waals surface area contributed by atoms with Gasteiger partial charge in [0, 0.05) is 31.6 Å². The lowest BCUT2D eigenvalue weighted by Gasteiger charge is -2.19. The van der Waals surface area contributed by atoms with Crippen molar-refractivity contribution in [1.29, 1.82) is 0 Å². The van der Waals surface area contributed by atoms with Gasteiger partial charge in [0.2, 0.25) is 11.9 Å². The van der Waals surface area contributed by atoms with Gasteiger partial charge in [-0.15, -0.1) is 0 Å². The van der Waals surface area contributed by atoms with Crippen LogP contribution in [0.1, 0.15) is 45.0 Å². The van der Waals surface area contributed by atoms with E-state index in [4.69, 9.17) is 5.21 Å². The summed E-state index contributed by atoms with van der Waals surface area (Å²) >= 11 is 0. The van der Waals surface area contributed by atoms with Gasteiger partial charge < -0.3 is 14.8 Å². The van der Waals surface area contributed by atoms with Crippen LogP contribution in [0.25, 0.3) is 22.3 Å². The first kappa shape index (κ1) is 26.9. The molecule has 12 heteroatoms. The molecule has 4 rings (SSSR count). The van der Waals surface area contributed by atoms with Gasteiger partial charge in [-0.25, -0.2) is 34.2 Å². The molecule has 0 saturated heterocycles. The number of benzene rings is 1. The highest BCUT2D eigenvalue weighted by Crippen LogP contribution is 2.30.